The van der Waals surface area contributed by atoms with Crippen molar-refractivity contribution >= 4 is 6.03 Å². The fourth-order valence-electron chi connectivity index (χ4n) is 3.57. The SMILES string of the molecule is C[C@@H](NC(=O)NC1(C)CCC1)[C@H](OC1CCOCC1)c1ccccc1. The van der Waals surface area contributed by atoms with Crippen LogP contribution < -0.4 is 10.6 Å². The maximum absolute atomic E-state index is 12.4. The van der Waals surface area contributed by atoms with E-state index < -0.39 is 0 Å². The minimum atomic E-state index is -0.163. The Balaban J connectivity index is 1.63. The van der Waals surface area contributed by atoms with E-state index in [2.05, 4.69) is 29.7 Å². The average molecular weight is 346 g/mol. The zero-order valence-electron chi connectivity index (χ0n) is 15.3. The van der Waals surface area contributed by atoms with E-state index >= 15 is 0 Å². The summed E-state index contributed by atoms with van der Waals surface area (Å²) in [6.45, 7) is 5.60. The predicted octanol–water partition coefficient (Wildman–Crippen LogP) is 3.55. The zero-order valence-corrected chi connectivity index (χ0v) is 15.3. The number of hydrogen-bond donors (Lipinski definition) is 2. The Morgan fingerprint density at radius 2 is 1.92 bits per heavy atom. The lowest BCUT2D eigenvalue weighted by Gasteiger charge is -2.39. The molecule has 2 atom stereocenters. The van der Waals surface area contributed by atoms with Crippen molar-refractivity contribution in [3.63, 3.8) is 0 Å². The molecule has 1 aromatic rings. The average Bonchev–Trinajstić information content (AvgIpc) is 2.59. The molecular formula is C20H30N2O3. The van der Waals surface area contributed by atoms with Crippen molar-refractivity contribution in [2.75, 3.05) is 13.2 Å². The van der Waals surface area contributed by atoms with Crippen LogP contribution in [-0.4, -0.2) is 36.9 Å². The van der Waals surface area contributed by atoms with E-state index in [1.807, 2.05) is 25.1 Å². The van der Waals surface area contributed by atoms with E-state index in [0.29, 0.717) is 0 Å². The zero-order chi connectivity index (χ0) is 17.7. The lowest BCUT2D eigenvalue weighted by atomic mass is 9.79. The molecule has 0 spiro atoms. The molecule has 2 aliphatic rings. The topological polar surface area (TPSA) is 59.6 Å². The Hall–Kier alpha value is -1.59. The van der Waals surface area contributed by atoms with Gasteiger partial charge in [0.1, 0.15) is 6.10 Å². The monoisotopic (exact) mass is 346 g/mol. The minimum absolute atomic E-state index is 0.0480. The lowest BCUT2D eigenvalue weighted by Crippen LogP contribution is -2.56. The van der Waals surface area contributed by atoms with E-state index in [9.17, 15) is 4.79 Å². The summed E-state index contributed by atoms with van der Waals surface area (Å²) < 4.78 is 11.8. The summed E-state index contributed by atoms with van der Waals surface area (Å²) in [6, 6.07) is 9.92. The highest BCUT2D eigenvalue weighted by Gasteiger charge is 2.34. The third-order valence-corrected chi connectivity index (χ3v) is 5.32. The second kappa shape index (κ2) is 8.19. The fourth-order valence-corrected chi connectivity index (χ4v) is 3.57. The highest BCUT2D eigenvalue weighted by molar-refractivity contribution is 5.75. The smallest absolute Gasteiger partial charge is 0.315 e. The van der Waals surface area contributed by atoms with Gasteiger partial charge in [-0.05, 0) is 51.5 Å². The van der Waals surface area contributed by atoms with Crippen molar-refractivity contribution < 1.29 is 14.3 Å². The molecule has 25 heavy (non-hydrogen) atoms. The van der Waals surface area contributed by atoms with Gasteiger partial charge in [-0.3, -0.25) is 0 Å². The van der Waals surface area contributed by atoms with Crippen LogP contribution in [0, 0.1) is 0 Å². The highest BCUT2D eigenvalue weighted by atomic mass is 16.5. The molecule has 2 N–H and O–H groups in total. The molecule has 0 aromatic heterocycles. The summed E-state index contributed by atoms with van der Waals surface area (Å²) in [5.41, 5.74) is 1.05. The summed E-state index contributed by atoms with van der Waals surface area (Å²) in [5.74, 6) is 0. The number of urea groups is 1. The first kappa shape index (κ1) is 18.2. The van der Waals surface area contributed by atoms with Crippen LogP contribution in [0.3, 0.4) is 0 Å². The molecule has 3 rings (SSSR count). The Morgan fingerprint density at radius 1 is 1.24 bits per heavy atom. The van der Waals surface area contributed by atoms with Crippen LogP contribution in [0.25, 0.3) is 0 Å². The molecule has 1 aliphatic heterocycles. The fraction of sp³-hybridized carbons (Fsp3) is 0.650. The molecule has 1 heterocycles. The third kappa shape index (κ3) is 4.95. The Morgan fingerprint density at radius 3 is 2.52 bits per heavy atom. The molecule has 1 aromatic carbocycles. The van der Waals surface area contributed by atoms with Gasteiger partial charge >= 0.3 is 6.03 Å². The molecule has 5 nitrogen and oxygen atoms in total. The molecule has 0 bridgehead atoms. The number of carbonyl (C=O) groups is 1. The van der Waals surface area contributed by atoms with Crippen LogP contribution in [0.2, 0.25) is 0 Å². The maximum Gasteiger partial charge on any atom is 0.315 e. The van der Waals surface area contributed by atoms with E-state index in [-0.39, 0.29) is 29.8 Å². The van der Waals surface area contributed by atoms with Crippen molar-refractivity contribution in [3.05, 3.63) is 35.9 Å². The van der Waals surface area contributed by atoms with E-state index in [0.717, 1.165) is 44.5 Å². The van der Waals surface area contributed by atoms with Crippen molar-refractivity contribution in [3.8, 4) is 0 Å². The van der Waals surface area contributed by atoms with Crippen LogP contribution >= 0.6 is 0 Å². The minimum Gasteiger partial charge on any atom is -0.381 e. The first-order valence-electron chi connectivity index (χ1n) is 9.43. The molecule has 5 heteroatoms. The van der Waals surface area contributed by atoms with Crippen molar-refractivity contribution in [1.82, 2.24) is 10.6 Å². The highest BCUT2D eigenvalue weighted by Crippen LogP contribution is 2.31. The first-order valence-corrected chi connectivity index (χ1v) is 9.43. The molecular weight excluding hydrogens is 316 g/mol. The van der Waals surface area contributed by atoms with Gasteiger partial charge in [0, 0.05) is 18.8 Å². The van der Waals surface area contributed by atoms with Gasteiger partial charge in [-0.15, -0.1) is 0 Å². The normalized spacial score (nSPS) is 22.5. The standard InChI is InChI=1S/C20H30N2O3/c1-15(21-19(23)22-20(2)11-6-12-20)18(16-7-4-3-5-8-16)25-17-9-13-24-14-10-17/h3-5,7-8,15,17-18H,6,9-14H2,1-2H3,(H2,21,22,23)/t15-,18+/m1/s1. The maximum atomic E-state index is 12.4. The van der Waals surface area contributed by atoms with Crippen LogP contribution in [0.15, 0.2) is 30.3 Å². The Kier molecular flexibility index (Phi) is 5.97. The molecule has 1 saturated heterocycles. The molecule has 2 fully saturated rings. The van der Waals surface area contributed by atoms with Gasteiger partial charge in [0.25, 0.3) is 0 Å². The van der Waals surface area contributed by atoms with Gasteiger partial charge in [-0.25, -0.2) is 4.79 Å². The first-order chi connectivity index (χ1) is 12.1. The number of ether oxygens (including phenoxy) is 2. The van der Waals surface area contributed by atoms with E-state index in [4.69, 9.17) is 9.47 Å². The number of benzene rings is 1. The van der Waals surface area contributed by atoms with Crippen LogP contribution in [0.4, 0.5) is 4.79 Å². The van der Waals surface area contributed by atoms with Gasteiger partial charge < -0.3 is 20.1 Å². The summed E-state index contributed by atoms with van der Waals surface area (Å²) >= 11 is 0. The van der Waals surface area contributed by atoms with Gasteiger partial charge in [0.15, 0.2) is 0 Å². The predicted molar refractivity (Wildman–Crippen MR) is 97.5 cm³/mol. The number of carbonyl (C=O) groups excluding carboxylic acids is 1. The van der Waals surface area contributed by atoms with Crippen LogP contribution in [-0.2, 0) is 9.47 Å². The Bertz CT molecular complexity index is 553. The molecule has 2 amide bonds. The quantitative estimate of drug-likeness (QED) is 0.828. The second-order valence-corrected chi connectivity index (χ2v) is 7.58. The summed E-state index contributed by atoms with van der Waals surface area (Å²) in [7, 11) is 0. The van der Waals surface area contributed by atoms with Crippen molar-refractivity contribution in [1.29, 1.82) is 0 Å². The van der Waals surface area contributed by atoms with Crippen molar-refractivity contribution in [2.45, 2.75) is 69.7 Å². The Labute approximate surface area is 150 Å². The van der Waals surface area contributed by atoms with Gasteiger partial charge in [-0.2, -0.15) is 0 Å². The summed E-state index contributed by atoms with van der Waals surface area (Å²) in [5, 5.41) is 6.19. The largest absolute Gasteiger partial charge is 0.381 e. The molecule has 1 aliphatic carbocycles. The number of nitrogens with one attached hydrogen (secondary N) is 2. The van der Waals surface area contributed by atoms with E-state index in [1.54, 1.807) is 0 Å². The molecule has 0 radical (unpaired) electrons. The number of amides is 2. The van der Waals surface area contributed by atoms with Gasteiger partial charge in [-0.1, -0.05) is 30.3 Å². The molecule has 0 unspecified atom stereocenters. The lowest BCUT2D eigenvalue weighted by molar-refractivity contribution is -0.0783. The van der Waals surface area contributed by atoms with Crippen LogP contribution in [0.1, 0.15) is 57.6 Å². The molecule has 138 valence electrons. The van der Waals surface area contributed by atoms with Crippen LogP contribution in [0.5, 0.6) is 0 Å². The summed E-state index contributed by atoms with van der Waals surface area (Å²) in [4.78, 5) is 12.4. The van der Waals surface area contributed by atoms with E-state index in [1.165, 1.54) is 6.42 Å². The molecule has 1 saturated carbocycles. The number of rotatable bonds is 6. The third-order valence-electron chi connectivity index (χ3n) is 5.32. The van der Waals surface area contributed by atoms with Gasteiger partial charge in [0.2, 0.25) is 0 Å². The second-order valence-electron chi connectivity index (χ2n) is 7.58. The number of hydrogen-bond acceptors (Lipinski definition) is 3. The van der Waals surface area contributed by atoms with Crippen molar-refractivity contribution in [2.24, 2.45) is 0 Å². The summed E-state index contributed by atoms with van der Waals surface area (Å²) in [6.07, 6.45) is 5.11. The van der Waals surface area contributed by atoms with Gasteiger partial charge in [0.05, 0.1) is 12.1 Å².